The maximum atomic E-state index is 13.6. The van der Waals surface area contributed by atoms with Crippen LogP contribution in [0, 0.1) is 5.92 Å². The molecule has 0 bridgehead atoms. The lowest BCUT2D eigenvalue weighted by Crippen LogP contribution is -2.51. The summed E-state index contributed by atoms with van der Waals surface area (Å²) >= 11 is 0. The van der Waals surface area contributed by atoms with Crippen LogP contribution in [-0.2, 0) is 4.79 Å². The summed E-state index contributed by atoms with van der Waals surface area (Å²) in [6, 6.07) is 11.7. The third kappa shape index (κ3) is 6.15. The molecule has 0 saturated heterocycles. The van der Waals surface area contributed by atoms with Crippen molar-refractivity contribution in [2.45, 2.75) is 51.8 Å². The second-order valence-electron chi connectivity index (χ2n) is 9.14. The molecule has 0 aromatic heterocycles. The van der Waals surface area contributed by atoms with Gasteiger partial charge in [-0.05, 0) is 43.5 Å². The Labute approximate surface area is 208 Å². The number of carbonyl (C=O) groups is 2. The molecule has 1 aliphatic heterocycles. The first-order valence-corrected chi connectivity index (χ1v) is 12.0. The molecule has 0 aliphatic carbocycles. The molecule has 3 rings (SSSR count). The number of benzene rings is 2. The summed E-state index contributed by atoms with van der Waals surface area (Å²) in [4.78, 5) is 28.7. The number of methoxy groups -OCH3 is 2. The van der Waals surface area contributed by atoms with Gasteiger partial charge in [0.1, 0.15) is 23.3 Å². The van der Waals surface area contributed by atoms with E-state index in [2.05, 4.69) is 5.32 Å². The lowest BCUT2D eigenvalue weighted by Gasteiger charge is -2.32. The van der Waals surface area contributed by atoms with E-state index in [1.54, 1.807) is 45.5 Å². The second-order valence-corrected chi connectivity index (χ2v) is 9.14. The van der Waals surface area contributed by atoms with Gasteiger partial charge in [-0.1, -0.05) is 38.1 Å². The molecule has 7 nitrogen and oxygen atoms in total. The number of nitrogens with zero attached hydrogens (tertiary/aromatic N) is 1. The zero-order chi connectivity index (χ0) is 25.5. The van der Waals surface area contributed by atoms with E-state index in [1.807, 2.05) is 51.1 Å². The number of likely N-dealkylation sites (N-methyl/N-ethyl adjacent to an activating group) is 1. The Morgan fingerprint density at radius 1 is 1.03 bits per heavy atom. The molecule has 0 fully saturated rings. The predicted molar refractivity (Wildman–Crippen MR) is 136 cm³/mol. The maximum Gasteiger partial charge on any atom is 0.258 e. The van der Waals surface area contributed by atoms with E-state index in [9.17, 15) is 9.59 Å². The highest BCUT2D eigenvalue weighted by atomic mass is 16.5. The van der Waals surface area contributed by atoms with Crippen molar-refractivity contribution in [3.05, 3.63) is 65.7 Å². The van der Waals surface area contributed by atoms with Crippen molar-refractivity contribution < 1.29 is 23.8 Å². The molecular formula is C28H36N2O5. The Balaban J connectivity index is 2.04. The second kappa shape index (κ2) is 11.8. The molecule has 0 spiro atoms. The summed E-state index contributed by atoms with van der Waals surface area (Å²) in [5.74, 6) is 1.22. The van der Waals surface area contributed by atoms with Crippen LogP contribution in [-0.4, -0.2) is 50.1 Å². The molecule has 0 unspecified atom stereocenters. The van der Waals surface area contributed by atoms with Crippen molar-refractivity contribution in [2.24, 2.45) is 5.92 Å². The highest BCUT2D eigenvalue weighted by Crippen LogP contribution is 2.32. The van der Waals surface area contributed by atoms with E-state index in [4.69, 9.17) is 14.2 Å². The van der Waals surface area contributed by atoms with Crippen molar-refractivity contribution >= 4 is 11.8 Å². The lowest BCUT2D eigenvalue weighted by atomic mass is 9.97. The van der Waals surface area contributed by atoms with Crippen molar-refractivity contribution in [2.75, 3.05) is 21.3 Å². The fraction of sp³-hybridized carbons (Fsp3) is 0.429. The van der Waals surface area contributed by atoms with Crippen LogP contribution in [0.15, 0.2) is 54.6 Å². The number of ether oxygens (including phenoxy) is 3. The molecule has 1 heterocycles. The number of para-hydroxylation sites is 1. The van der Waals surface area contributed by atoms with E-state index < -0.39 is 6.04 Å². The average Bonchev–Trinajstić information content (AvgIpc) is 2.84. The number of nitrogens with one attached hydrogen (secondary N) is 1. The average molecular weight is 481 g/mol. The van der Waals surface area contributed by atoms with Gasteiger partial charge >= 0.3 is 0 Å². The Morgan fingerprint density at radius 2 is 1.74 bits per heavy atom. The van der Waals surface area contributed by atoms with Gasteiger partial charge < -0.3 is 24.4 Å². The van der Waals surface area contributed by atoms with Crippen LogP contribution in [0.4, 0.5) is 0 Å². The van der Waals surface area contributed by atoms with Gasteiger partial charge in [-0.15, -0.1) is 0 Å². The molecule has 2 aromatic carbocycles. The minimum atomic E-state index is -0.674. The van der Waals surface area contributed by atoms with E-state index in [0.717, 1.165) is 5.56 Å². The van der Waals surface area contributed by atoms with Gasteiger partial charge in [0.25, 0.3) is 5.91 Å². The van der Waals surface area contributed by atoms with Crippen LogP contribution >= 0.6 is 0 Å². The first-order valence-electron chi connectivity index (χ1n) is 12.0. The topological polar surface area (TPSA) is 77.1 Å². The van der Waals surface area contributed by atoms with Gasteiger partial charge in [0.15, 0.2) is 0 Å². The van der Waals surface area contributed by atoms with Crippen molar-refractivity contribution in [1.29, 1.82) is 0 Å². The minimum Gasteiger partial charge on any atom is -0.497 e. The normalized spacial score (nSPS) is 22.5. The quantitative estimate of drug-likeness (QED) is 0.638. The fourth-order valence-corrected chi connectivity index (χ4v) is 4.40. The zero-order valence-electron chi connectivity index (χ0n) is 21.4. The van der Waals surface area contributed by atoms with E-state index in [0.29, 0.717) is 35.7 Å². The third-order valence-electron chi connectivity index (χ3n) is 6.22. The summed E-state index contributed by atoms with van der Waals surface area (Å²) in [7, 11) is 4.86. The molecule has 35 heavy (non-hydrogen) atoms. The van der Waals surface area contributed by atoms with Crippen molar-refractivity contribution in [3.63, 3.8) is 0 Å². The Hall–Kier alpha value is -3.48. The molecule has 1 aliphatic rings. The molecule has 3 atom stereocenters. The summed E-state index contributed by atoms with van der Waals surface area (Å²) in [5.41, 5.74) is 1.28. The smallest absolute Gasteiger partial charge is 0.258 e. The van der Waals surface area contributed by atoms with Gasteiger partial charge in [-0.2, -0.15) is 0 Å². The molecule has 7 heteroatoms. The number of hydrogen-bond donors (Lipinski definition) is 1. The summed E-state index contributed by atoms with van der Waals surface area (Å²) in [5, 5.41) is 3.18. The summed E-state index contributed by atoms with van der Waals surface area (Å²) in [6.45, 7) is 5.85. The van der Waals surface area contributed by atoms with Gasteiger partial charge in [0.2, 0.25) is 5.91 Å². The number of carbonyl (C=O) groups excluding carboxylic acids is 2. The third-order valence-corrected chi connectivity index (χ3v) is 6.22. The highest BCUT2D eigenvalue weighted by Gasteiger charge is 2.33. The molecular weight excluding hydrogens is 444 g/mol. The van der Waals surface area contributed by atoms with E-state index in [1.165, 1.54) is 4.90 Å². The Morgan fingerprint density at radius 3 is 2.43 bits per heavy atom. The number of fused-ring (bicyclic) bond motifs is 1. The first kappa shape index (κ1) is 26.1. The minimum absolute atomic E-state index is 0.113. The first-order chi connectivity index (χ1) is 16.8. The number of rotatable bonds is 4. The standard InChI is InChI=1S/C28H36N2O5/c1-18(2)26-27(31)29-23(21-16-15-20(33-5)17-25(21)34-6)13-9-7-11-19(3)35-24-14-10-8-12-22(24)28(32)30(26)4/h7-10,12,14-19,23,26H,11,13H2,1-6H3,(H,29,31)/b9-7-/t19-,23+,26+/m1/s1. The van der Waals surface area contributed by atoms with Gasteiger partial charge in [-0.25, -0.2) is 0 Å². The Bertz CT molecular complexity index is 1070. The zero-order valence-corrected chi connectivity index (χ0v) is 21.4. The summed E-state index contributed by atoms with van der Waals surface area (Å²) in [6.07, 6.45) is 5.18. The highest BCUT2D eigenvalue weighted by molar-refractivity contribution is 5.99. The van der Waals surface area contributed by atoms with Gasteiger partial charge in [0.05, 0.1) is 31.9 Å². The fourth-order valence-electron chi connectivity index (χ4n) is 4.40. The SMILES string of the molecule is COc1ccc([C@@H]2C/C=C\C[C@@H](C)Oc3ccccc3C(=O)N(C)[C@@H](C(C)C)C(=O)N2)c(OC)c1. The molecule has 2 aromatic rings. The summed E-state index contributed by atoms with van der Waals surface area (Å²) < 4.78 is 17.1. The lowest BCUT2D eigenvalue weighted by molar-refractivity contribution is -0.127. The molecule has 2 amide bonds. The van der Waals surface area contributed by atoms with Crippen LogP contribution in [0.1, 0.15) is 55.6 Å². The van der Waals surface area contributed by atoms with Gasteiger partial charge in [0, 0.05) is 25.1 Å². The van der Waals surface area contributed by atoms with Crippen LogP contribution in [0.2, 0.25) is 0 Å². The number of hydrogen-bond acceptors (Lipinski definition) is 5. The molecule has 0 radical (unpaired) electrons. The van der Waals surface area contributed by atoms with E-state index >= 15 is 0 Å². The maximum absolute atomic E-state index is 13.6. The largest absolute Gasteiger partial charge is 0.497 e. The molecule has 0 saturated carbocycles. The predicted octanol–water partition coefficient (Wildman–Crippen LogP) is 4.78. The van der Waals surface area contributed by atoms with Crippen LogP contribution in [0.25, 0.3) is 0 Å². The van der Waals surface area contributed by atoms with E-state index in [-0.39, 0.29) is 29.9 Å². The van der Waals surface area contributed by atoms with Gasteiger partial charge in [-0.3, -0.25) is 9.59 Å². The molecule has 1 N–H and O–H groups in total. The van der Waals surface area contributed by atoms with Crippen molar-refractivity contribution in [1.82, 2.24) is 10.2 Å². The van der Waals surface area contributed by atoms with Crippen molar-refractivity contribution in [3.8, 4) is 17.2 Å². The van der Waals surface area contributed by atoms with Crippen LogP contribution in [0.5, 0.6) is 17.2 Å². The Kier molecular flexibility index (Phi) is 8.79. The molecule has 188 valence electrons. The number of amides is 2. The monoisotopic (exact) mass is 480 g/mol. The van der Waals surface area contributed by atoms with Crippen LogP contribution < -0.4 is 19.5 Å². The van der Waals surface area contributed by atoms with Crippen LogP contribution in [0.3, 0.4) is 0 Å².